The SMILES string of the molecule is c1ccc2cc(OCCCCOc3ccc4ccccc4c3)ccc2c1. The maximum Gasteiger partial charge on any atom is 0.119 e. The molecule has 4 aromatic carbocycles. The van der Waals surface area contributed by atoms with Gasteiger partial charge in [0.25, 0.3) is 0 Å². The van der Waals surface area contributed by atoms with Gasteiger partial charge < -0.3 is 9.47 Å². The first-order valence-corrected chi connectivity index (χ1v) is 9.12. The van der Waals surface area contributed by atoms with E-state index in [0.717, 1.165) is 24.3 Å². The Bertz CT molecular complexity index is 924. The maximum absolute atomic E-state index is 5.87. The van der Waals surface area contributed by atoms with Crippen LogP contribution in [0.15, 0.2) is 84.9 Å². The van der Waals surface area contributed by atoms with E-state index in [1.165, 1.54) is 21.5 Å². The molecule has 0 aliphatic heterocycles. The fourth-order valence-electron chi connectivity index (χ4n) is 3.10. The number of unbranched alkanes of at least 4 members (excludes halogenated alkanes) is 1. The summed E-state index contributed by atoms with van der Waals surface area (Å²) in [6.45, 7) is 1.42. The highest BCUT2D eigenvalue weighted by molar-refractivity contribution is 5.84. The van der Waals surface area contributed by atoms with Crippen LogP contribution >= 0.6 is 0 Å². The molecule has 0 saturated carbocycles. The third-order valence-electron chi connectivity index (χ3n) is 4.52. The summed E-state index contributed by atoms with van der Waals surface area (Å²) in [5.41, 5.74) is 0. The number of hydrogen-bond acceptors (Lipinski definition) is 2. The fraction of sp³-hybridized carbons (Fsp3) is 0.167. The Balaban J connectivity index is 1.22. The first kappa shape index (κ1) is 16.5. The molecular weight excluding hydrogens is 320 g/mol. The Morgan fingerprint density at radius 2 is 0.885 bits per heavy atom. The second kappa shape index (κ2) is 7.92. The monoisotopic (exact) mass is 342 g/mol. The van der Waals surface area contributed by atoms with Crippen LogP contribution < -0.4 is 9.47 Å². The van der Waals surface area contributed by atoms with E-state index >= 15 is 0 Å². The number of rotatable bonds is 7. The van der Waals surface area contributed by atoms with Gasteiger partial charge in [-0.25, -0.2) is 0 Å². The Labute approximate surface area is 154 Å². The van der Waals surface area contributed by atoms with Crippen molar-refractivity contribution in [1.29, 1.82) is 0 Å². The van der Waals surface area contributed by atoms with Crippen molar-refractivity contribution in [2.24, 2.45) is 0 Å². The van der Waals surface area contributed by atoms with Crippen molar-refractivity contribution >= 4 is 21.5 Å². The summed E-state index contributed by atoms with van der Waals surface area (Å²) in [5, 5.41) is 4.90. The molecule has 0 heterocycles. The van der Waals surface area contributed by atoms with Gasteiger partial charge in [0.15, 0.2) is 0 Å². The zero-order valence-electron chi connectivity index (χ0n) is 14.7. The predicted octanol–water partition coefficient (Wildman–Crippen LogP) is 6.23. The molecule has 0 fully saturated rings. The van der Waals surface area contributed by atoms with E-state index in [1.807, 2.05) is 12.1 Å². The smallest absolute Gasteiger partial charge is 0.119 e. The molecule has 0 aliphatic carbocycles. The first-order chi connectivity index (χ1) is 12.9. The molecular formula is C24H22O2. The van der Waals surface area contributed by atoms with Gasteiger partial charge in [0.05, 0.1) is 13.2 Å². The van der Waals surface area contributed by atoms with Crippen molar-refractivity contribution in [1.82, 2.24) is 0 Å². The van der Waals surface area contributed by atoms with Crippen LogP contribution in [0.3, 0.4) is 0 Å². The minimum atomic E-state index is 0.708. The van der Waals surface area contributed by atoms with Crippen LogP contribution in [0.25, 0.3) is 21.5 Å². The van der Waals surface area contributed by atoms with Crippen LogP contribution in [-0.4, -0.2) is 13.2 Å². The molecule has 0 radical (unpaired) electrons. The summed E-state index contributed by atoms with van der Waals surface area (Å²) in [6.07, 6.45) is 1.95. The van der Waals surface area contributed by atoms with Gasteiger partial charge in [-0.05, 0) is 58.7 Å². The van der Waals surface area contributed by atoms with E-state index in [9.17, 15) is 0 Å². The van der Waals surface area contributed by atoms with Crippen molar-refractivity contribution in [2.75, 3.05) is 13.2 Å². The van der Waals surface area contributed by atoms with Gasteiger partial charge in [-0.2, -0.15) is 0 Å². The molecule has 0 aromatic heterocycles. The highest BCUT2D eigenvalue weighted by Crippen LogP contribution is 2.22. The molecule has 130 valence electrons. The lowest BCUT2D eigenvalue weighted by atomic mass is 10.1. The predicted molar refractivity (Wildman–Crippen MR) is 108 cm³/mol. The highest BCUT2D eigenvalue weighted by atomic mass is 16.5. The number of hydrogen-bond donors (Lipinski definition) is 0. The first-order valence-electron chi connectivity index (χ1n) is 9.12. The second-order valence-corrected chi connectivity index (χ2v) is 6.42. The average Bonchev–Trinajstić information content (AvgIpc) is 2.70. The summed E-state index contributed by atoms with van der Waals surface area (Å²) in [6, 6.07) is 29.1. The van der Waals surface area contributed by atoms with Gasteiger partial charge in [0, 0.05) is 0 Å². The Kier molecular flexibility index (Phi) is 5.02. The third-order valence-corrected chi connectivity index (χ3v) is 4.52. The van der Waals surface area contributed by atoms with Gasteiger partial charge in [-0.15, -0.1) is 0 Å². The van der Waals surface area contributed by atoms with Crippen LogP contribution in [0.4, 0.5) is 0 Å². The molecule has 4 rings (SSSR count). The minimum Gasteiger partial charge on any atom is -0.494 e. The van der Waals surface area contributed by atoms with Crippen LogP contribution in [0, 0.1) is 0 Å². The molecule has 2 nitrogen and oxygen atoms in total. The molecule has 26 heavy (non-hydrogen) atoms. The normalized spacial score (nSPS) is 10.9. The second-order valence-electron chi connectivity index (χ2n) is 6.42. The lowest BCUT2D eigenvalue weighted by Gasteiger charge is -2.09. The Morgan fingerprint density at radius 1 is 0.462 bits per heavy atom. The standard InChI is InChI=1S/C24H22O2/c1-3-9-21-17-23(13-11-19(21)7-1)25-15-5-6-16-26-24-14-12-20-8-2-4-10-22(20)18-24/h1-4,7-14,17-18H,5-6,15-16H2. The van der Waals surface area contributed by atoms with Gasteiger partial charge >= 0.3 is 0 Å². The van der Waals surface area contributed by atoms with E-state index in [1.54, 1.807) is 0 Å². The number of benzene rings is 4. The van der Waals surface area contributed by atoms with Crippen molar-refractivity contribution in [3.05, 3.63) is 84.9 Å². The van der Waals surface area contributed by atoms with Crippen molar-refractivity contribution in [2.45, 2.75) is 12.8 Å². The highest BCUT2D eigenvalue weighted by Gasteiger charge is 1.99. The number of fused-ring (bicyclic) bond motifs is 2. The summed E-state index contributed by atoms with van der Waals surface area (Å²) in [7, 11) is 0. The average molecular weight is 342 g/mol. The summed E-state index contributed by atoms with van der Waals surface area (Å²) in [4.78, 5) is 0. The lowest BCUT2D eigenvalue weighted by molar-refractivity contribution is 0.267. The van der Waals surface area contributed by atoms with Crippen molar-refractivity contribution in [3.8, 4) is 11.5 Å². The van der Waals surface area contributed by atoms with E-state index in [0.29, 0.717) is 13.2 Å². The molecule has 0 N–H and O–H groups in total. The molecule has 0 spiro atoms. The topological polar surface area (TPSA) is 18.5 Å². The zero-order chi connectivity index (χ0) is 17.6. The molecule has 0 aliphatic rings. The van der Waals surface area contributed by atoms with E-state index < -0.39 is 0 Å². The van der Waals surface area contributed by atoms with Crippen LogP contribution in [0.1, 0.15) is 12.8 Å². The lowest BCUT2D eigenvalue weighted by Crippen LogP contribution is -2.02. The molecule has 0 bridgehead atoms. The van der Waals surface area contributed by atoms with E-state index in [-0.39, 0.29) is 0 Å². The number of ether oxygens (including phenoxy) is 2. The molecule has 0 amide bonds. The van der Waals surface area contributed by atoms with Crippen LogP contribution in [-0.2, 0) is 0 Å². The molecule has 4 aromatic rings. The van der Waals surface area contributed by atoms with E-state index in [2.05, 4.69) is 72.8 Å². The fourth-order valence-corrected chi connectivity index (χ4v) is 3.10. The minimum absolute atomic E-state index is 0.708. The summed E-state index contributed by atoms with van der Waals surface area (Å²) >= 11 is 0. The van der Waals surface area contributed by atoms with Crippen molar-refractivity contribution < 1.29 is 9.47 Å². The quantitative estimate of drug-likeness (QED) is 0.371. The Hall–Kier alpha value is -3.00. The van der Waals surface area contributed by atoms with Crippen LogP contribution in [0.5, 0.6) is 11.5 Å². The summed E-state index contributed by atoms with van der Waals surface area (Å²) < 4.78 is 11.7. The summed E-state index contributed by atoms with van der Waals surface area (Å²) in [5.74, 6) is 1.86. The molecule has 0 unspecified atom stereocenters. The van der Waals surface area contributed by atoms with Gasteiger partial charge in [-0.1, -0.05) is 60.7 Å². The molecule has 0 atom stereocenters. The largest absolute Gasteiger partial charge is 0.494 e. The zero-order valence-corrected chi connectivity index (χ0v) is 14.7. The molecule has 2 heteroatoms. The van der Waals surface area contributed by atoms with Crippen LogP contribution in [0.2, 0.25) is 0 Å². The van der Waals surface area contributed by atoms with Gasteiger partial charge in [-0.3, -0.25) is 0 Å². The third kappa shape index (κ3) is 3.97. The van der Waals surface area contributed by atoms with Gasteiger partial charge in [0.2, 0.25) is 0 Å². The maximum atomic E-state index is 5.87. The van der Waals surface area contributed by atoms with Crippen molar-refractivity contribution in [3.63, 3.8) is 0 Å². The molecule has 0 saturated heterocycles. The Morgan fingerprint density at radius 3 is 1.35 bits per heavy atom. The van der Waals surface area contributed by atoms with E-state index in [4.69, 9.17) is 9.47 Å². The van der Waals surface area contributed by atoms with Gasteiger partial charge in [0.1, 0.15) is 11.5 Å².